The Kier molecular flexibility index (Phi) is 3.95. The maximum Gasteiger partial charge on any atom is 0.312 e. The summed E-state index contributed by atoms with van der Waals surface area (Å²) in [5.41, 5.74) is -0.263. The zero-order chi connectivity index (χ0) is 14.0. The highest BCUT2D eigenvalue weighted by atomic mass is 16.6. The number of carbonyl (C=O) groups excluding carboxylic acids is 1. The molecule has 0 amide bonds. The third kappa shape index (κ3) is 3.16. The van der Waals surface area contributed by atoms with Gasteiger partial charge in [0.2, 0.25) is 0 Å². The second-order valence-corrected chi connectivity index (χ2v) is 6.96. The maximum absolute atomic E-state index is 12.2. The summed E-state index contributed by atoms with van der Waals surface area (Å²) in [6.45, 7) is 10.9. The Morgan fingerprint density at radius 1 is 1.33 bits per heavy atom. The lowest BCUT2D eigenvalue weighted by Crippen LogP contribution is -2.29. The first-order chi connectivity index (χ1) is 8.15. The highest BCUT2D eigenvalue weighted by Gasteiger charge is 2.67. The van der Waals surface area contributed by atoms with E-state index in [2.05, 4.69) is 39.4 Å². The summed E-state index contributed by atoms with van der Waals surface area (Å²) in [5, 5.41) is 8.23. The Morgan fingerprint density at radius 2 is 1.89 bits per heavy atom. The molecule has 0 aromatic heterocycles. The quantitative estimate of drug-likeness (QED) is 0.429. The Morgan fingerprint density at radius 3 is 2.28 bits per heavy atom. The number of carbonyl (C=O) groups is 1. The third-order valence-corrected chi connectivity index (χ3v) is 3.62. The molecule has 4 heteroatoms. The molecule has 0 aliphatic heterocycles. The van der Waals surface area contributed by atoms with E-state index < -0.39 is 0 Å². The van der Waals surface area contributed by atoms with E-state index >= 15 is 0 Å². The topological polar surface area (TPSA) is 59.3 Å². The van der Waals surface area contributed by atoms with Crippen LogP contribution < -0.4 is 0 Å². The molecular formula is C14H23NO3. The fourth-order valence-corrected chi connectivity index (χ4v) is 2.70. The van der Waals surface area contributed by atoms with Crippen LogP contribution in [0.4, 0.5) is 0 Å². The monoisotopic (exact) mass is 253 g/mol. The number of hydrogen-bond donors (Lipinski definition) is 0. The summed E-state index contributed by atoms with van der Waals surface area (Å²) in [4.78, 5) is 12.2. The van der Waals surface area contributed by atoms with E-state index in [1.54, 1.807) is 6.26 Å². The van der Waals surface area contributed by atoms with Gasteiger partial charge in [0.15, 0.2) is 0 Å². The smallest absolute Gasteiger partial charge is 0.312 e. The van der Waals surface area contributed by atoms with Gasteiger partial charge in [-0.15, -0.1) is 0 Å². The van der Waals surface area contributed by atoms with E-state index in [-0.39, 0.29) is 35.4 Å². The Labute approximate surface area is 109 Å². The summed E-state index contributed by atoms with van der Waals surface area (Å²) < 4.78 is 9.74. The van der Waals surface area contributed by atoms with Gasteiger partial charge in [0.1, 0.15) is 13.2 Å². The molecule has 0 aromatic rings. The van der Waals surface area contributed by atoms with Crippen molar-refractivity contribution in [1.82, 2.24) is 0 Å². The number of nitrogens with zero attached hydrogens (tertiary/aromatic N) is 1. The van der Waals surface area contributed by atoms with E-state index in [1.165, 1.54) is 0 Å². The van der Waals surface area contributed by atoms with Gasteiger partial charge < -0.3 is 9.47 Å². The number of ether oxygens (including phenoxy) is 2. The minimum atomic E-state index is -0.363. The zero-order valence-electron chi connectivity index (χ0n) is 12.0. The van der Waals surface area contributed by atoms with Crippen LogP contribution in [0.15, 0.2) is 0 Å². The van der Waals surface area contributed by atoms with Crippen molar-refractivity contribution in [1.29, 1.82) is 5.26 Å². The van der Waals surface area contributed by atoms with E-state index in [0.717, 1.165) is 12.8 Å². The van der Waals surface area contributed by atoms with Crippen LogP contribution in [0.25, 0.3) is 0 Å². The maximum atomic E-state index is 12.2. The number of hydrogen-bond acceptors (Lipinski definition) is 4. The average molecular weight is 253 g/mol. The zero-order valence-corrected chi connectivity index (χ0v) is 12.0. The van der Waals surface area contributed by atoms with Crippen molar-refractivity contribution in [3.63, 3.8) is 0 Å². The first-order valence-electron chi connectivity index (χ1n) is 6.33. The fraction of sp³-hybridized carbons (Fsp3) is 0.857. The van der Waals surface area contributed by atoms with Gasteiger partial charge in [0, 0.05) is 0 Å². The second-order valence-electron chi connectivity index (χ2n) is 6.96. The summed E-state index contributed by atoms with van der Waals surface area (Å²) in [6, 6.07) is 0. The molecule has 18 heavy (non-hydrogen) atoms. The largest absolute Gasteiger partial charge is 0.462 e. The van der Waals surface area contributed by atoms with E-state index in [9.17, 15) is 4.79 Å². The minimum Gasteiger partial charge on any atom is -0.462 e. The highest BCUT2D eigenvalue weighted by molar-refractivity contribution is 5.81. The second kappa shape index (κ2) is 4.79. The Balaban J connectivity index is 2.59. The molecule has 1 aliphatic rings. The minimum absolute atomic E-state index is 0.00739. The van der Waals surface area contributed by atoms with Crippen molar-refractivity contribution in [3.05, 3.63) is 0 Å². The van der Waals surface area contributed by atoms with E-state index in [0.29, 0.717) is 0 Å². The highest BCUT2D eigenvalue weighted by Crippen LogP contribution is 2.68. The van der Waals surface area contributed by atoms with Crippen molar-refractivity contribution in [3.8, 4) is 6.26 Å². The normalized spacial score (nSPS) is 25.1. The van der Waals surface area contributed by atoms with Gasteiger partial charge in [0.05, 0.1) is 5.41 Å². The van der Waals surface area contributed by atoms with Crippen LogP contribution in [0.5, 0.6) is 0 Å². The molecule has 1 unspecified atom stereocenters. The van der Waals surface area contributed by atoms with Crippen molar-refractivity contribution in [2.45, 2.75) is 47.5 Å². The number of esters is 1. The lowest BCUT2D eigenvalue weighted by atomic mass is 9.79. The van der Waals surface area contributed by atoms with Crippen LogP contribution in [-0.2, 0) is 14.3 Å². The van der Waals surface area contributed by atoms with Gasteiger partial charge in [-0.25, -0.2) is 0 Å². The van der Waals surface area contributed by atoms with Gasteiger partial charge in [-0.1, -0.05) is 34.6 Å². The van der Waals surface area contributed by atoms with Crippen LogP contribution in [0, 0.1) is 27.8 Å². The lowest BCUT2D eigenvalue weighted by Gasteiger charge is -2.27. The molecule has 1 saturated carbocycles. The van der Waals surface area contributed by atoms with Crippen molar-refractivity contribution in [2.24, 2.45) is 16.2 Å². The molecule has 1 aliphatic carbocycles. The SMILES string of the molecule is CC(C)(C)CC1(C(=O)OCCOC#N)CC1(C)C. The molecule has 1 fully saturated rings. The molecule has 0 spiro atoms. The van der Waals surface area contributed by atoms with Crippen LogP contribution in [0.1, 0.15) is 47.5 Å². The molecule has 0 saturated heterocycles. The molecule has 1 rings (SSSR count). The van der Waals surface area contributed by atoms with Crippen LogP contribution in [0.3, 0.4) is 0 Å². The van der Waals surface area contributed by atoms with Gasteiger partial charge in [-0.3, -0.25) is 4.79 Å². The molecule has 102 valence electrons. The molecular weight excluding hydrogens is 230 g/mol. The fourth-order valence-electron chi connectivity index (χ4n) is 2.70. The van der Waals surface area contributed by atoms with Gasteiger partial charge in [-0.05, 0) is 23.7 Å². The predicted molar refractivity (Wildman–Crippen MR) is 67.4 cm³/mol. The summed E-state index contributed by atoms with van der Waals surface area (Å²) in [5.74, 6) is -0.149. The van der Waals surface area contributed by atoms with Crippen molar-refractivity contribution >= 4 is 5.97 Å². The summed E-state index contributed by atoms with van der Waals surface area (Å²) >= 11 is 0. The molecule has 0 heterocycles. The van der Waals surface area contributed by atoms with Gasteiger partial charge in [0.25, 0.3) is 6.26 Å². The van der Waals surface area contributed by atoms with E-state index in [4.69, 9.17) is 10.00 Å². The molecule has 0 aromatic carbocycles. The average Bonchev–Trinajstić information content (AvgIpc) is 2.73. The predicted octanol–water partition coefficient (Wildman–Crippen LogP) is 2.88. The molecule has 0 N–H and O–H groups in total. The first kappa shape index (κ1) is 14.8. The summed E-state index contributed by atoms with van der Waals surface area (Å²) in [6.07, 6.45) is 3.25. The van der Waals surface area contributed by atoms with Crippen molar-refractivity contribution < 1.29 is 14.3 Å². The standard InChI is InChI=1S/C14H23NO3/c1-12(2,3)8-14(9-13(14,4)5)11(16)18-7-6-17-10-15/h6-9H2,1-5H3. The van der Waals surface area contributed by atoms with Crippen LogP contribution in [0.2, 0.25) is 0 Å². The Bertz CT molecular complexity index is 362. The molecule has 4 nitrogen and oxygen atoms in total. The summed E-state index contributed by atoms with van der Waals surface area (Å²) in [7, 11) is 0. The Hall–Kier alpha value is -1.24. The van der Waals surface area contributed by atoms with Gasteiger partial charge >= 0.3 is 5.97 Å². The van der Waals surface area contributed by atoms with Gasteiger partial charge in [-0.2, -0.15) is 5.26 Å². The van der Waals surface area contributed by atoms with Crippen LogP contribution in [-0.4, -0.2) is 19.2 Å². The molecule has 0 bridgehead atoms. The lowest BCUT2D eigenvalue weighted by molar-refractivity contribution is -0.154. The number of rotatable bonds is 5. The van der Waals surface area contributed by atoms with Crippen molar-refractivity contribution in [2.75, 3.05) is 13.2 Å². The third-order valence-electron chi connectivity index (χ3n) is 3.62. The first-order valence-corrected chi connectivity index (χ1v) is 6.33. The molecule has 1 atom stereocenters. The van der Waals surface area contributed by atoms with E-state index in [1.807, 2.05) is 0 Å². The molecule has 0 radical (unpaired) electrons. The van der Waals surface area contributed by atoms with Crippen LogP contribution >= 0.6 is 0 Å². The number of nitriles is 1.